The number of nitrogens with zero attached hydrogens (tertiary/aromatic N) is 6. The molecular formula is C34H45F3N6O4S2. The van der Waals surface area contributed by atoms with Crippen molar-refractivity contribution in [2.24, 2.45) is 0 Å². The van der Waals surface area contributed by atoms with Crippen LogP contribution in [0.3, 0.4) is 0 Å². The molecule has 49 heavy (non-hydrogen) atoms. The Morgan fingerprint density at radius 1 is 1.00 bits per heavy atom. The zero-order valence-corrected chi connectivity index (χ0v) is 29.4. The van der Waals surface area contributed by atoms with Crippen molar-refractivity contribution in [3.05, 3.63) is 65.1 Å². The third-order valence-electron chi connectivity index (χ3n) is 9.92. The summed E-state index contributed by atoms with van der Waals surface area (Å²) in [4.78, 5) is 8.84. The molecule has 5 heterocycles. The molecular weight excluding hydrogens is 678 g/mol. The number of sulfonamides is 1. The predicted octanol–water partition coefficient (Wildman–Crippen LogP) is 4.20. The Morgan fingerprint density at radius 3 is 2.43 bits per heavy atom. The number of aromatic nitrogens is 3. The summed E-state index contributed by atoms with van der Waals surface area (Å²) in [7, 11) is -3.53. The summed E-state index contributed by atoms with van der Waals surface area (Å²) in [6, 6.07) is 9.52. The summed E-state index contributed by atoms with van der Waals surface area (Å²) in [6.45, 7) is 4.55. The summed E-state index contributed by atoms with van der Waals surface area (Å²) in [5.41, 5.74) is 1.26. The zero-order chi connectivity index (χ0) is 34.8. The number of likely N-dealkylation sites (tertiary alicyclic amines) is 2. The Hall–Kier alpha value is -2.53. The first-order valence-electron chi connectivity index (χ1n) is 16.9. The fourth-order valence-corrected chi connectivity index (χ4v) is 9.08. The number of aliphatic hydroxyl groups excluding tert-OH is 1. The molecule has 0 spiro atoms. The molecule has 2 fully saturated rings. The van der Waals surface area contributed by atoms with E-state index in [1.807, 2.05) is 18.2 Å². The van der Waals surface area contributed by atoms with Crippen molar-refractivity contribution in [2.45, 2.75) is 74.4 Å². The Morgan fingerprint density at radius 2 is 1.76 bits per heavy atom. The van der Waals surface area contributed by atoms with Gasteiger partial charge in [0.25, 0.3) is 0 Å². The highest BCUT2D eigenvalue weighted by molar-refractivity contribution is 7.99. The highest BCUT2D eigenvalue weighted by Gasteiger charge is 2.37. The lowest BCUT2D eigenvalue weighted by atomic mass is 9.87. The first-order chi connectivity index (χ1) is 23.3. The summed E-state index contributed by atoms with van der Waals surface area (Å²) in [6.07, 6.45) is 2.18. The van der Waals surface area contributed by atoms with Gasteiger partial charge in [0.2, 0.25) is 10.0 Å². The van der Waals surface area contributed by atoms with Gasteiger partial charge in [-0.25, -0.2) is 8.42 Å². The van der Waals surface area contributed by atoms with Crippen LogP contribution in [0.5, 0.6) is 0 Å². The van der Waals surface area contributed by atoms with E-state index in [-0.39, 0.29) is 24.5 Å². The minimum Gasteiger partial charge on any atom is -0.390 e. The van der Waals surface area contributed by atoms with Gasteiger partial charge in [-0.05, 0) is 63.0 Å². The number of β-amino-alcohol motifs (C(OH)–C–C–N with tert-alkyl or cyclic N) is 1. The fraction of sp³-hybridized carbons (Fsp3) is 0.588. The van der Waals surface area contributed by atoms with E-state index < -0.39 is 33.5 Å². The lowest BCUT2D eigenvalue weighted by Gasteiger charge is -2.38. The quantitative estimate of drug-likeness (QED) is 0.281. The van der Waals surface area contributed by atoms with Crippen LogP contribution < -0.4 is 0 Å². The predicted molar refractivity (Wildman–Crippen MR) is 182 cm³/mol. The molecule has 2 N–H and O–H groups in total. The first-order valence-corrected chi connectivity index (χ1v) is 19.8. The van der Waals surface area contributed by atoms with Crippen LogP contribution in [-0.4, -0.2) is 111 Å². The lowest BCUT2D eigenvalue weighted by Crippen LogP contribution is -2.46. The summed E-state index contributed by atoms with van der Waals surface area (Å²) >= 11 is 1.18. The second kappa shape index (κ2) is 15.0. The summed E-state index contributed by atoms with van der Waals surface area (Å²) in [5.74, 6) is 0.517. The molecule has 1 atom stereocenters. The molecule has 6 rings (SSSR count). The normalized spacial score (nSPS) is 20.3. The maximum atomic E-state index is 14.1. The Balaban J connectivity index is 1.22. The van der Waals surface area contributed by atoms with Crippen molar-refractivity contribution in [3.8, 4) is 11.3 Å². The number of rotatable bonds is 11. The Bertz CT molecular complexity index is 1690. The minimum absolute atomic E-state index is 0.0519. The number of halogens is 3. The summed E-state index contributed by atoms with van der Waals surface area (Å²) in [5, 5.41) is 27.2. The van der Waals surface area contributed by atoms with Crippen LogP contribution in [-0.2, 0) is 41.3 Å². The van der Waals surface area contributed by atoms with Crippen molar-refractivity contribution in [3.63, 3.8) is 0 Å². The molecule has 3 aromatic rings. The molecule has 268 valence electrons. The van der Waals surface area contributed by atoms with E-state index in [0.717, 1.165) is 43.9 Å². The topological polar surface area (TPSA) is 115 Å². The Labute approximate surface area is 290 Å². The van der Waals surface area contributed by atoms with E-state index in [1.54, 1.807) is 10.9 Å². The van der Waals surface area contributed by atoms with Crippen LogP contribution in [0.4, 0.5) is 13.2 Å². The maximum absolute atomic E-state index is 14.1. The van der Waals surface area contributed by atoms with Crippen molar-refractivity contribution in [1.82, 2.24) is 28.9 Å². The monoisotopic (exact) mass is 722 g/mol. The van der Waals surface area contributed by atoms with Crippen molar-refractivity contribution in [1.29, 1.82) is 0 Å². The number of piperidine rings is 2. The molecule has 3 aliphatic rings. The molecule has 0 bridgehead atoms. The second-order valence-electron chi connectivity index (χ2n) is 13.5. The van der Waals surface area contributed by atoms with Gasteiger partial charge in [0.15, 0.2) is 0 Å². The second-order valence-corrected chi connectivity index (χ2v) is 16.6. The average molecular weight is 723 g/mol. The van der Waals surface area contributed by atoms with Gasteiger partial charge in [-0.15, -0.1) is 11.8 Å². The van der Waals surface area contributed by atoms with Crippen LogP contribution in [0, 0.1) is 0 Å². The molecule has 3 aliphatic heterocycles. The molecule has 0 amide bonds. The van der Waals surface area contributed by atoms with Crippen LogP contribution in [0.25, 0.3) is 11.3 Å². The minimum atomic E-state index is -4.52. The van der Waals surface area contributed by atoms with Crippen molar-refractivity contribution < 1.29 is 31.8 Å². The van der Waals surface area contributed by atoms with E-state index in [4.69, 9.17) is 5.10 Å². The number of benzene rings is 1. The number of hydrogen-bond acceptors (Lipinski definition) is 9. The van der Waals surface area contributed by atoms with E-state index in [9.17, 15) is 31.8 Å². The van der Waals surface area contributed by atoms with Gasteiger partial charge in [0.05, 0.1) is 35.9 Å². The molecule has 15 heteroatoms. The Kier molecular flexibility index (Phi) is 11.1. The van der Waals surface area contributed by atoms with Gasteiger partial charge < -0.3 is 20.0 Å². The van der Waals surface area contributed by atoms with Gasteiger partial charge >= 0.3 is 6.18 Å². The van der Waals surface area contributed by atoms with Crippen molar-refractivity contribution in [2.75, 3.05) is 57.8 Å². The van der Waals surface area contributed by atoms with E-state index >= 15 is 0 Å². The maximum Gasteiger partial charge on any atom is 0.417 e. The number of alkyl halides is 3. The van der Waals surface area contributed by atoms with E-state index in [2.05, 4.69) is 14.8 Å². The first kappa shape index (κ1) is 36.3. The highest BCUT2D eigenvalue weighted by atomic mass is 32.2. The number of fused-ring (bicyclic) bond motifs is 1. The molecule has 1 unspecified atom stereocenters. The number of hydrogen-bond donors (Lipinski definition) is 2. The number of thioether (sulfide) groups is 1. The lowest BCUT2D eigenvalue weighted by molar-refractivity contribution is -0.139. The largest absolute Gasteiger partial charge is 0.417 e. The van der Waals surface area contributed by atoms with Gasteiger partial charge in [-0.2, -0.15) is 22.6 Å². The molecule has 1 aromatic carbocycles. The van der Waals surface area contributed by atoms with Gasteiger partial charge in [0, 0.05) is 79.4 Å². The third-order valence-corrected chi connectivity index (χ3v) is 12.2. The third kappa shape index (κ3) is 8.68. The number of aliphatic hydroxyl groups is 2. The highest BCUT2D eigenvalue weighted by Crippen LogP contribution is 2.40. The van der Waals surface area contributed by atoms with Crippen LogP contribution in [0.1, 0.15) is 54.6 Å². The van der Waals surface area contributed by atoms with Gasteiger partial charge in [-0.3, -0.25) is 9.67 Å². The van der Waals surface area contributed by atoms with E-state index in [0.29, 0.717) is 73.7 Å². The average Bonchev–Trinajstić information content (AvgIpc) is 3.43. The number of pyridine rings is 1. The molecule has 0 saturated carbocycles. The molecule has 2 aromatic heterocycles. The van der Waals surface area contributed by atoms with Crippen LogP contribution in [0.15, 0.2) is 47.5 Å². The smallest absolute Gasteiger partial charge is 0.390 e. The van der Waals surface area contributed by atoms with E-state index in [1.165, 1.54) is 34.6 Å². The molecule has 0 radical (unpaired) electrons. The molecule has 0 aliphatic carbocycles. The summed E-state index contributed by atoms with van der Waals surface area (Å²) < 4.78 is 70.5. The van der Waals surface area contributed by atoms with Gasteiger partial charge in [0.1, 0.15) is 5.60 Å². The molecule has 2 saturated heterocycles. The van der Waals surface area contributed by atoms with Crippen LogP contribution >= 0.6 is 11.8 Å². The fourth-order valence-electron chi connectivity index (χ4n) is 7.18. The SMILES string of the molecule is CS(=O)(=O)N1CCc2c(c(-c3ccc(C(F)(F)F)c(SCCN4CCCCC4)c3)nn2CC(O)CN2CCC(O)(c3ccccn3)CC2)C1. The molecule has 10 nitrogen and oxygen atoms in total. The van der Waals surface area contributed by atoms with Crippen molar-refractivity contribution >= 4 is 21.8 Å². The van der Waals surface area contributed by atoms with Crippen LogP contribution in [0.2, 0.25) is 0 Å². The van der Waals surface area contributed by atoms with Gasteiger partial charge in [-0.1, -0.05) is 18.6 Å². The zero-order valence-electron chi connectivity index (χ0n) is 27.8. The standard InChI is InChI=1S/C34H45F3N6O4S2/c1-49(46,47)42-16-10-29-27(24-42)32(25-8-9-28(34(35,36)37)30(21-25)48-20-19-40-14-5-2-6-15-40)39-43(29)23-26(44)22-41-17-11-33(45,12-18-41)31-7-3-4-13-38-31/h3-4,7-9,13,21,26,44-45H,2,5-6,10-12,14-20,22-24H2,1H3.